The van der Waals surface area contributed by atoms with E-state index in [9.17, 15) is 13.2 Å². The van der Waals surface area contributed by atoms with Gasteiger partial charge in [0.05, 0.1) is 27.6 Å². The highest BCUT2D eigenvalue weighted by Crippen LogP contribution is 2.28. The molecule has 0 fully saturated rings. The first-order valence-corrected chi connectivity index (χ1v) is 10.3. The molecule has 140 valence electrons. The summed E-state index contributed by atoms with van der Waals surface area (Å²) >= 11 is 3.30. The summed E-state index contributed by atoms with van der Waals surface area (Å²) in [7, 11) is -0.646. The van der Waals surface area contributed by atoms with Gasteiger partial charge in [-0.2, -0.15) is 5.26 Å². The summed E-state index contributed by atoms with van der Waals surface area (Å²) in [5.41, 5.74) is 2.05. The van der Waals surface area contributed by atoms with E-state index in [1.54, 1.807) is 51.4 Å². The van der Waals surface area contributed by atoms with Crippen molar-refractivity contribution in [3.05, 3.63) is 62.5 Å². The highest BCUT2D eigenvalue weighted by Gasteiger charge is 2.23. The Balaban J connectivity index is 2.04. The Kier molecular flexibility index (Phi) is 4.99. The predicted octanol–water partition coefficient (Wildman–Crippen LogP) is 2.55. The fraction of sp³-hybridized carbons (Fsp3) is 0.222. The molecule has 3 rings (SSSR count). The summed E-state index contributed by atoms with van der Waals surface area (Å²) in [6.07, 6.45) is 0. The highest BCUT2D eigenvalue weighted by atomic mass is 79.9. The van der Waals surface area contributed by atoms with Gasteiger partial charge in [-0.15, -0.1) is 0 Å². The minimum absolute atomic E-state index is 0.0412. The topological polar surface area (TPSA) is 96.9 Å². The van der Waals surface area contributed by atoms with Gasteiger partial charge in [-0.05, 0) is 52.7 Å². The van der Waals surface area contributed by atoms with E-state index in [0.717, 1.165) is 0 Å². The molecule has 0 unspecified atom stereocenters. The maximum atomic E-state index is 12.9. The molecular formula is C18H17BrN4O3S. The Labute approximate surface area is 165 Å². The molecule has 7 nitrogen and oxygen atoms in total. The van der Waals surface area contributed by atoms with Crippen LogP contribution < -0.4 is 10.4 Å². The monoisotopic (exact) mass is 448 g/mol. The largest absolute Gasteiger partial charge is 0.328 e. The standard InChI is InChI=1S/C18H17BrN4O3S/c1-11(13-6-4-5-12(7-13)10-20)21-27(25,26)17-9-16-15(8-14(17)19)22(2)18(24)23(16)3/h4-9,11,21H,1-3H3/t11-/m1/s1. The quantitative estimate of drug-likeness (QED) is 0.662. The molecule has 0 spiro atoms. The molecular weight excluding hydrogens is 432 g/mol. The van der Waals surface area contributed by atoms with Crippen LogP contribution in [0.1, 0.15) is 24.1 Å². The van der Waals surface area contributed by atoms with Crippen LogP contribution in [0.3, 0.4) is 0 Å². The van der Waals surface area contributed by atoms with E-state index >= 15 is 0 Å². The molecule has 0 radical (unpaired) electrons. The number of sulfonamides is 1. The smallest absolute Gasteiger partial charge is 0.295 e. The minimum atomic E-state index is -3.87. The van der Waals surface area contributed by atoms with Crippen LogP contribution in [0.2, 0.25) is 0 Å². The number of fused-ring (bicyclic) bond motifs is 1. The van der Waals surface area contributed by atoms with Gasteiger partial charge in [0.1, 0.15) is 0 Å². The van der Waals surface area contributed by atoms with Gasteiger partial charge in [-0.1, -0.05) is 12.1 Å². The molecule has 0 saturated carbocycles. The van der Waals surface area contributed by atoms with Crippen LogP contribution in [0.25, 0.3) is 11.0 Å². The van der Waals surface area contributed by atoms with Crippen LogP contribution in [0, 0.1) is 11.3 Å². The van der Waals surface area contributed by atoms with Crippen LogP contribution in [-0.4, -0.2) is 17.6 Å². The zero-order valence-electron chi connectivity index (χ0n) is 14.9. The first-order chi connectivity index (χ1) is 12.7. The second kappa shape index (κ2) is 6.96. The number of hydrogen-bond acceptors (Lipinski definition) is 4. The summed E-state index contributed by atoms with van der Waals surface area (Å²) in [4.78, 5) is 12.1. The van der Waals surface area contributed by atoms with Crippen molar-refractivity contribution in [1.29, 1.82) is 5.26 Å². The average Bonchev–Trinajstić information content (AvgIpc) is 2.84. The fourth-order valence-corrected chi connectivity index (χ4v) is 5.23. The molecule has 1 aromatic heterocycles. The molecule has 1 atom stereocenters. The molecule has 0 aliphatic heterocycles. The number of aromatic nitrogens is 2. The second-order valence-corrected chi connectivity index (χ2v) is 8.79. The van der Waals surface area contributed by atoms with E-state index in [-0.39, 0.29) is 10.6 Å². The lowest BCUT2D eigenvalue weighted by Crippen LogP contribution is -2.27. The van der Waals surface area contributed by atoms with Gasteiger partial charge in [-0.3, -0.25) is 9.13 Å². The summed E-state index contributed by atoms with van der Waals surface area (Å²) in [5.74, 6) is 0. The number of nitrogens with one attached hydrogen (secondary N) is 1. The molecule has 0 amide bonds. The third-order valence-corrected chi connectivity index (χ3v) is 6.96. The molecule has 0 aliphatic carbocycles. The molecule has 0 saturated heterocycles. The summed E-state index contributed by atoms with van der Waals surface area (Å²) in [6.45, 7) is 1.71. The lowest BCUT2D eigenvalue weighted by atomic mass is 10.1. The van der Waals surface area contributed by atoms with E-state index < -0.39 is 16.1 Å². The number of rotatable bonds is 4. The third-order valence-electron chi connectivity index (χ3n) is 4.46. The Morgan fingerprint density at radius 2 is 1.78 bits per heavy atom. The first kappa shape index (κ1) is 19.4. The van der Waals surface area contributed by atoms with E-state index in [4.69, 9.17) is 5.26 Å². The van der Waals surface area contributed by atoms with Gasteiger partial charge in [0, 0.05) is 24.6 Å². The Morgan fingerprint density at radius 3 is 2.41 bits per heavy atom. The summed E-state index contributed by atoms with van der Waals surface area (Å²) < 4.78 is 31.7. The van der Waals surface area contributed by atoms with Crippen molar-refractivity contribution in [2.75, 3.05) is 0 Å². The van der Waals surface area contributed by atoms with Gasteiger partial charge >= 0.3 is 5.69 Å². The normalized spacial score (nSPS) is 12.9. The second-order valence-electron chi connectivity index (χ2n) is 6.25. The van der Waals surface area contributed by atoms with Crippen LogP contribution in [-0.2, 0) is 24.1 Å². The fourth-order valence-electron chi connectivity index (χ4n) is 2.95. The lowest BCUT2D eigenvalue weighted by Gasteiger charge is -2.16. The summed E-state index contributed by atoms with van der Waals surface area (Å²) in [6, 6.07) is 11.4. The number of nitriles is 1. The van der Waals surface area contributed by atoms with Crippen LogP contribution in [0.15, 0.2) is 50.6 Å². The zero-order chi connectivity index (χ0) is 19.9. The number of nitrogens with zero attached hydrogens (tertiary/aromatic N) is 3. The molecule has 3 aromatic rings. The van der Waals surface area contributed by atoms with Gasteiger partial charge in [0.2, 0.25) is 10.0 Å². The third kappa shape index (κ3) is 3.43. The van der Waals surface area contributed by atoms with Gasteiger partial charge in [-0.25, -0.2) is 17.9 Å². The molecule has 1 N–H and O–H groups in total. The molecule has 27 heavy (non-hydrogen) atoms. The molecule has 9 heteroatoms. The number of hydrogen-bond donors (Lipinski definition) is 1. The Bertz CT molecular complexity index is 1250. The first-order valence-electron chi connectivity index (χ1n) is 8.03. The van der Waals surface area contributed by atoms with Crippen LogP contribution in [0.5, 0.6) is 0 Å². The van der Waals surface area contributed by atoms with E-state index in [2.05, 4.69) is 20.7 Å². The molecule has 2 aromatic carbocycles. The van der Waals surface area contributed by atoms with E-state index in [1.807, 2.05) is 6.07 Å². The lowest BCUT2D eigenvalue weighted by molar-refractivity contribution is 0.566. The number of aryl methyl sites for hydroxylation is 2. The number of benzene rings is 2. The minimum Gasteiger partial charge on any atom is -0.295 e. The Morgan fingerprint density at radius 1 is 1.15 bits per heavy atom. The predicted molar refractivity (Wildman–Crippen MR) is 106 cm³/mol. The molecule has 0 aliphatic rings. The number of imidazole rings is 1. The highest BCUT2D eigenvalue weighted by molar-refractivity contribution is 9.10. The maximum absolute atomic E-state index is 12.9. The Hall–Kier alpha value is -2.41. The van der Waals surface area contributed by atoms with Crippen molar-refractivity contribution in [2.24, 2.45) is 14.1 Å². The molecule has 1 heterocycles. The van der Waals surface area contributed by atoms with Crippen molar-refractivity contribution in [3.63, 3.8) is 0 Å². The summed E-state index contributed by atoms with van der Waals surface area (Å²) in [5, 5.41) is 9.02. The van der Waals surface area contributed by atoms with Crippen molar-refractivity contribution in [3.8, 4) is 6.07 Å². The average molecular weight is 449 g/mol. The van der Waals surface area contributed by atoms with E-state index in [0.29, 0.717) is 26.6 Å². The SMILES string of the molecule is C[C@@H](NS(=O)(=O)c1cc2c(cc1Br)n(C)c(=O)n2C)c1cccc(C#N)c1. The van der Waals surface area contributed by atoms with Crippen LogP contribution >= 0.6 is 15.9 Å². The van der Waals surface area contributed by atoms with Gasteiger partial charge in [0.25, 0.3) is 0 Å². The molecule has 0 bridgehead atoms. The maximum Gasteiger partial charge on any atom is 0.328 e. The van der Waals surface area contributed by atoms with Crippen molar-refractivity contribution in [2.45, 2.75) is 17.9 Å². The van der Waals surface area contributed by atoms with Crippen molar-refractivity contribution >= 4 is 37.0 Å². The number of halogens is 1. The van der Waals surface area contributed by atoms with Gasteiger partial charge < -0.3 is 0 Å². The van der Waals surface area contributed by atoms with E-state index in [1.165, 1.54) is 15.2 Å². The van der Waals surface area contributed by atoms with Crippen molar-refractivity contribution in [1.82, 2.24) is 13.9 Å². The van der Waals surface area contributed by atoms with Crippen LogP contribution in [0.4, 0.5) is 0 Å². The zero-order valence-corrected chi connectivity index (χ0v) is 17.3. The van der Waals surface area contributed by atoms with Gasteiger partial charge in [0.15, 0.2) is 0 Å². The van der Waals surface area contributed by atoms with Crippen molar-refractivity contribution < 1.29 is 8.42 Å².